The molecule has 19 heavy (non-hydrogen) atoms. The fourth-order valence-electron chi connectivity index (χ4n) is 1.54. The van der Waals surface area contributed by atoms with Gasteiger partial charge in [-0.1, -0.05) is 72.8 Å². The van der Waals surface area contributed by atoms with E-state index in [4.69, 9.17) is 0 Å². The van der Waals surface area contributed by atoms with Gasteiger partial charge in [-0.25, -0.2) is 0 Å². The van der Waals surface area contributed by atoms with Crippen LogP contribution in [0, 0.1) is 0 Å². The Morgan fingerprint density at radius 3 is 1.42 bits per heavy atom. The van der Waals surface area contributed by atoms with Crippen LogP contribution in [0.5, 0.6) is 0 Å². The molecule has 0 aliphatic rings. The Hall–Kier alpha value is -1.75. The van der Waals surface area contributed by atoms with Gasteiger partial charge in [-0.2, -0.15) is 0 Å². The van der Waals surface area contributed by atoms with Gasteiger partial charge in [0.2, 0.25) is 0 Å². The largest absolute Gasteiger partial charge is 0.290 e. The summed E-state index contributed by atoms with van der Waals surface area (Å²) in [6, 6.07) is 19.6. The fourth-order valence-corrected chi connectivity index (χ4v) is 1.54. The first kappa shape index (κ1) is 15.3. The van der Waals surface area contributed by atoms with Crippen molar-refractivity contribution in [1.29, 1.82) is 0 Å². The molecule has 0 heterocycles. The number of carbonyl (C=O) groups excluding carboxylic acids is 1. The van der Waals surface area contributed by atoms with Crippen molar-refractivity contribution in [3.63, 3.8) is 0 Å². The predicted octanol–water partition coefficient (Wildman–Crippen LogP) is 3.98. The summed E-state index contributed by atoms with van der Waals surface area (Å²) in [4.78, 5) is 11.6. The molecule has 98 valence electrons. The Kier molecular flexibility index (Phi) is 6.75. The molecule has 0 spiro atoms. The van der Waals surface area contributed by atoms with Crippen molar-refractivity contribution in [2.75, 3.05) is 0 Å². The van der Waals surface area contributed by atoms with Crippen LogP contribution in [0.1, 0.15) is 11.1 Å². The monoisotopic (exact) mass is 340 g/mol. The van der Waals surface area contributed by atoms with Gasteiger partial charge in [0, 0.05) is 20.4 Å². The van der Waals surface area contributed by atoms with Crippen LogP contribution in [0.3, 0.4) is 0 Å². The molecule has 0 N–H and O–H groups in total. The molecule has 0 radical (unpaired) electrons. The standard InChI is InChI=1S/C17H14O.Pd/c18-17(13-11-15-7-3-1-4-8-15)14-12-16-9-5-2-6-10-16;/h1-14H;/b13-11+,14-12+;. The Bertz CT molecular complexity index is 505. The van der Waals surface area contributed by atoms with Crippen molar-refractivity contribution in [2.24, 2.45) is 0 Å². The average molecular weight is 341 g/mol. The fraction of sp³-hybridized carbons (Fsp3) is 0. The third-order valence-corrected chi connectivity index (χ3v) is 2.48. The summed E-state index contributed by atoms with van der Waals surface area (Å²) in [5.41, 5.74) is 2.05. The first-order chi connectivity index (χ1) is 8.84. The van der Waals surface area contributed by atoms with Crippen molar-refractivity contribution in [3.05, 3.63) is 83.9 Å². The number of rotatable bonds is 4. The van der Waals surface area contributed by atoms with E-state index in [-0.39, 0.29) is 26.2 Å². The van der Waals surface area contributed by atoms with E-state index in [1.807, 2.05) is 72.8 Å². The molecule has 1 nitrogen and oxygen atoms in total. The van der Waals surface area contributed by atoms with E-state index in [1.54, 1.807) is 12.2 Å². The summed E-state index contributed by atoms with van der Waals surface area (Å²) < 4.78 is 0. The molecule has 0 atom stereocenters. The van der Waals surface area contributed by atoms with E-state index in [2.05, 4.69) is 0 Å². The van der Waals surface area contributed by atoms with Crippen LogP contribution in [0.2, 0.25) is 0 Å². The Morgan fingerprint density at radius 1 is 0.684 bits per heavy atom. The number of benzene rings is 2. The van der Waals surface area contributed by atoms with E-state index < -0.39 is 0 Å². The Labute approximate surface area is 127 Å². The zero-order chi connectivity index (χ0) is 12.6. The first-order valence-corrected chi connectivity index (χ1v) is 5.85. The molecule has 0 aliphatic heterocycles. The summed E-state index contributed by atoms with van der Waals surface area (Å²) >= 11 is 0. The number of hydrogen-bond donors (Lipinski definition) is 0. The van der Waals surface area contributed by atoms with Crippen molar-refractivity contribution in [1.82, 2.24) is 0 Å². The number of allylic oxidation sites excluding steroid dienone is 2. The van der Waals surface area contributed by atoms with Gasteiger partial charge in [-0.15, -0.1) is 0 Å². The van der Waals surface area contributed by atoms with E-state index >= 15 is 0 Å². The van der Waals surface area contributed by atoms with Crippen molar-refractivity contribution < 1.29 is 25.2 Å². The third-order valence-electron chi connectivity index (χ3n) is 2.48. The molecule has 2 heteroatoms. The molecule has 0 aliphatic carbocycles. The zero-order valence-corrected chi connectivity index (χ0v) is 11.9. The van der Waals surface area contributed by atoms with Gasteiger partial charge >= 0.3 is 0 Å². The van der Waals surface area contributed by atoms with E-state index in [0.29, 0.717) is 0 Å². The molecule has 0 unspecified atom stereocenters. The van der Waals surface area contributed by atoms with Crippen molar-refractivity contribution in [3.8, 4) is 0 Å². The maximum Gasteiger partial charge on any atom is 0.178 e. The summed E-state index contributed by atoms with van der Waals surface area (Å²) in [6.45, 7) is 0. The predicted molar refractivity (Wildman–Crippen MR) is 76.0 cm³/mol. The molecule has 2 aromatic carbocycles. The van der Waals surface area contributed by atoms with Gasteiger partial charge in [0.05, 0.1) is 0 Å². The third kappa shape index (κ3) is 5.61. The summed E-state index contributed by atoms with van der Waals surface area (Å²) in [5.74, 6) is -0.0114. The van der Waals surface area contributed by atoms with E-state index in [0.717, 1.165) is 11.1 Å². The summed E-state index contributed by atoms with van der Waals surface area (Å²) in [7, 11) is 0. The molecule has 0 saturated carbocycles. The van der Waals surface area contributed by atoms with Gasteiger partial charge in [0.15, 0.2) is 5.78 Å². The summed E-state index contributed by atoms with van der Waals surface area (Å²) in [6.07, 6.45) is 6.79. The minimum absolute atomic E-state index is 0. The molecule has 0 bridgehead atoms. The summed E-state index contributed by atoms with van der Waals surface area (Å²) in [5, 5.41) is 0. The maximum absolute atomic E-state index is 11.6. The maximum atomic E-state index is 11.6. The second kappa shape index (κ2) is 8.37. The molecule has 0 amide bonds. The second-order valence-corrected chi connectivity index (χ2v) is 3.89. The number of carbonyl (C=O) groups is 1. The van der Waals surface area contributed by atoms with Gasteiger partial charge < -0.3 is 0 Å². The zero-order valence-electron chi connectivity index (χ0n) is 10.3. The van der Waals surface area contributed by atoms with Crippen LogP contribution < -0.4 is 0 Å². The molecule has 0 saturated heterocycles. The smallest absolute Gasteiger partial charge is 0.178 e. The van der Waals surface area contributed by atoms with Gasteiger partial charge in [0.25, 0.3) is 0 Å². The Morgan fingerprint density at radius 2 is 1.05 bits per heavy atom. The topological polar surface area (TPSA) is 17.1 Å². The SMILES string of the molecule is O=C(/C=C/c1ccccc1)/C=C/c1ccccc1.[Pd]. The van der Waals surface area contributed by atoms with Crippen LogP contribution in [-0.4, -0.2) is 5.78 Å². The van der Waals surface area contributed by atoms with Gasteiger partial charge in [-0.05, 0) is 23.3 Å². The minimum Gasteiger partial charge on any atom is -0.290 e. The second-order valence-electron chi connectivity index (χ2n) is 3.89. The van der Waals surface area contributed by atoms with E-state index in [1.165, 1.54) is 0 Å². The van der Waals surface area contributed by atoms with Crippen LogP contribution in [-0.2, 0) is 25.2 Å². The number of hydrogen-bond acceptors (Lipinski definition) is 1. The average Bonchev–Trinajstić information content (AvgIpc) is 2.45. The van der Waals surface area contributed by atoms with Gasteiger partial charge in [0.1, 0.15) is 0 Å². The van der Waals surface area contributed by atoms with Gasteiger partial charge in [-0.3, -0.25) is 4.79 Å². The molecule has 0 aromatic heterocycles. The Balaban J connectivity index is 0.00000180. The quantitative estimate of drug-likeness (QED) is 0.608. The molecule has 2 rings (SSSR count). The van der Waals surface area contributed by atoms with Crippen LogP contribution in [0.25, 0.3) is 12.2 Å². The molecule has 0 fully saturated rings. The van der Waals surface area contributed by atoms with E-state index in [9.17, 15) is 4.79 Å². The van der Waals surface area contributed by atoms with Crippen molar-refractivity contribution >= 4 is 17.9 Å². The van der Waals surface area contributed by atoms with Crippen LogP contribution in [0.15, 0.2) is 72.8 Å². The molecular formula is C17H14OPd. The normalized spacial score (nSPS) is 10.5. The van der Waals surface area contributed by atoms with Crippen LogP contribution >= 0.6 is 0 Å². The number of ketones is 1. The molecule has 2 aromatic rings. The van der Waals surface area contributed by atoms with Crippen LogP contribution in [0.4, 0.5) is 0 Å². The first-order valence-electron chi connectivity index (χ1n) is 5.85. The minimum atomic E-state index is -0.0114. The molecular weight excluding hydrogens is 327 g/mol. The van der Waals surface area contributed by atoms with Crippen molar-refractivity contribution in [2.45, 2.75) is 0 Å².